The summed E-state index contributed by atoms with van der Waals surface area (Å²) < 4.78 is 0. The normalized spacial score (nSPS) is 12.1. The van der Waals surface area contributed by atoms with Crippen LogP contribution in [0, 0.1) is 0 Å². The molecule has 248 valence electrons. The summed E-state index contributed by atoms with van der Waals surface area (Å²) in [6.07, 6.45) is 0. The smallest absolute Gasteiger partial charge is 0.00206 e. The van der Waals surface area contributed by atoms with Crippen LogP contribution in [0.4, 0.5) is 0 Å². The zero-order valence-corrected chi connectivity index (χ0v) is 29.5. The van der Waals surface area contributed by atoms with Crippen LogP contribution in [-0.2, 0) is 0 Å². The first-order chi connectivity index (χ1) is 26.7. The van der Waals surface area contributed by atoms with E-state index in [1.54, 1.807) is 0 Å². The van der Waals surface area contributed by atoms with Gasteiger partial charge in [-0.1, -0.05) is 170 Å². The van der Waals surface area contributed by atoms with Gasteiger partial charge in [-0.05, 0) is 144 Å². The van der Waals surface area contributed by atoms with Crippen LogP contribution >= 0.6 is 0 Å². The summed E-state index contributed by atoms with van der Waals surface area (Å²) in [5.74, 6) is 0. The van der Waals surface area contributed by atoms with Gasteiger partial charge in [0.05, 0.1) is 0 Å². The van der Waals surface area contributed by atoms with Gasteiger partial charge in [-0.3, -0.25) is 0 Å². The summed E-state index contributed by atoms with van der Waals surface area (Å²) in [5, 5.41) is 18.3. The molecule has 0 spiro atoms. The molecular formula is C54H32. The molecule has 0 N–H and O–H groups in total. The van der Waals surface area contributed by atoms with E-state index in [0.29, 0.717) is 0 Å². The molecule has 0 aliphatic rings. The van der Waals surface area contributed by atoms with Crippen LogP contribution in [0.3, 0.4) is 0 Å². The predicted molar refractivity (Wildman–Crippen MR) is 233 cm³/mol. The van der Waals surface area contributed by atoms with E-state index in [1.807, 2.05) is 0 Å². The van der Waals surface area contributed by atoms with Gasteiger partial charge in [0, 0.05) is 0 Å². The lowest BCUT2D eigenvalue weighted by molar-refractivity contribution is 1.58. The van der Waals surface area contributed by atoms with Crippen LogP contribution in [0.2, 0.25) is 0 Å². The molecular weight excluding hydrogens is 649 g/mol. The molecule has 0 atom stereocenters. The van der Waals surface area contributed by atoms with E-state index < -0.39 is 0 Å². The summed E-state index contributed by atoms with van der Waals surface area (Å²) in [4.78, 5) is 0. The summed E-state index contributed by atoms with van der Waals surface area (Å²) in [5.41, 5.74) is 9.84. The molecule has 0 fully saturated rings. The second-order valence-corrected chi connectivity index (χ2v) is 14.9. The Kier molecular flexibility index (Phi) is 6.15. The molecule has 12 rings (SSSR count). The van der Waals surface area contributed by atoms with Crippen LogP contribution in [0.25, 0.3) is 120 Å². The van der Waals surface area contributed by atoms with Gasteiger partial charge < -0.3 is 0 Å². The average Bonchev–Trinajstić information content (AvgIpc) is 3.24. The highest BCUT2D eigenvalue weighted by atomic mass is 14.2. The number of benzene rings is 12. The molecule has 54 heavy (non-hydrogen) atoms. The van der Waals surface area contributed by atoms with Crippen molar-refractivity contribution in [1.82, 2.24) is 0 Å². The van der Waals surface area contributed by atoms with Gasteiger partial charge in [0.25, 0.3) is 0 Å². The zero-order valence-electron chi connectivity index (χ0n) is 29.5. The third-order valence-corrected chi connectivity index (χ3v) is 11.9. The van der Waals surface area contributed by atoms with Crippen molar-refractivity contribution in [2.45, 2.75) is 0 Å². The van der Waals surface area contributed by atoms with Crippen molar-refractivity contribution >= 4 is 75.4 Å². The van der Waals surface area contributed by atoms with E-state index in [0.717, 1.165) is 0 Å². The fourth-order valence-corrected chi connectivity index (χ4v) is 9.30. The Morgan fingerprint density at radius 2 is 0.574 bits per heavy atom. The van der Waals surface area contributed by atoms with E-state index in [2.05, 4.69) is 194 Å². The Balaban J connectivity index is 1.04. The molecule has 0 unspecified atom stereocenters. The van der Waals surface area contributed by atoms with Crippen molar-refractivity contribution in [3.63, 3.8) is 0 Å². The van der Waals surface area contributed by atoms with Gasteiger partial charge in [-0.15, -0.1) is 0 Å². The second kappa shape index (κ2) is 11.2. The highest BCUT2D eigenvalue weighted by molar-refractivity contribution is 6.26. The summed E-state index contributed by atoms with van der Waals surface area (Å²) in [6.45, 7) is 0. The molecule has 0 amide bonds. The van der Waals surface area contributed by atoms with Crippen LogP contribution in [-0.4, -0.2) is 0 Å². The minimum Gasteiger partial charge on any atom is -0.0616 e. The van der Waals surface area contributed by atoms with Gasteiger partial charge in [-0.2, -0.15) is 0 Å². The van der Waals surface area contributed by atoms with E-state index in [4.69, 9.17) is 0 Å². The van der Waals surface area contributed by atoms with Crippen molar-refractivity contribution in [1.29, 1.82) is 0 Å². The molecule has 0 heteroatoms. The minimum absolute atomic E-state index is 1.21. The van der Waals surface area contributed by atoms with Crippen LogP contribution in [0.1, 0.15) is 0 Å². The van der Waals surface area contributed by atoms with E-state index in [9.17, 15) is 0 Å². The molecule has 0 aliphatic carbocycles. The van der Waals surface area contributed by atoms with Crippen molar-refractivity contribution in [3.05, 3.63) is 194 Å². The fraction of sp³-hybridized carbons (Fsp3) is 0. The summed E-state index contributed by atoms with van der Waals surface area (Å²) >= 11 is 0. The molecule has 0 saturated heterocycles. The van der Waals surface area contributed by atoms with Crippen molar-refractivity contribution in [2.24, 2.45) is 0 Å². The average molecular weight is 681 g/mol. The molecule has 0 aliphatic heterocycles. The molecule has 12 aromatic carbocycles. The topological polar surface area (TPSA) is 0 Å². The fourth-order valence-electron chi connectivity index (χ4n) is 9.30. The largest absolute Gasteiger partial charge is 0.0616 e. The third kappa shape index (κ3) is 4.38. The molecule has 0 bridgehead atoms. The van der Waals surface area contributed by atoms with E-state index in [1.165, 1.54) is 120 Å². The van der Waals surface area contributed by atoms with E-state index in [-0.39, 0.29) is 0 Å². The first kappa shape index (κ1) is 29.5. The lowest BCUT2D eigenvalue weighted by atomic mass is 9.87. The van der Waals surface area contributed by atoms with E-state index >= 15 is 0 Å². The van der Waals surface area contributed by atoms with Crippen molar-refractivity contribution < 1.29 is 0 Å². The molecule has 0 nitrogen and oxygen atoms in total. The minimum atomic E-state index is 1.21. The van der Waals surface area contributed by atoms with Crippen molar-refractivity contribution in [3.8, 4) is 44.5 Å². The van der Waals surface area contributed by atoms with Gasteiger partial charge in [0.1, 0.15) is 0 Å². The molecule has 12 aromatic rings. The van der Waals surface area contributed by atoms with Gasteiger partial charge in [0.2, 0.25) is 0 Å². The monoisotopic (exact) mass is 680 g/mol. The Morgan fingerprint density at radius 1 is 0.185 bits per heavy atom. The molecule has 0 heterocycles. The molecule has 0 radical (unpaired) electrons. The highest BCUT2D eigenvalue weighted by Gasteiger charge is 2.16. The first-order valence-electron chi connectivity index (χ1n) is 18.8. The maximum Gasteiger partial charge on any atom is -0.00206 e. The third-order valence-electron chi connectivity index (χ3n) is 11.9. The number of hydrogen-bond donors (Lipinski definition) is 0. The Hall–Kier alpha value is -7.02. The highest BCUT2D eigenvalue weighted by Crippen LogP contribution is 2.43. The summed E-state index contributed by atoms with van der Waals surface area (Å²) in [6, 6.07) is 72.6. The lowest BCUT2D eigenvalue weighted by Crippen LogP contribution is -1.90. The number of rotatable bonds is 4. The standard InChI is InChI=1S/C54H32/c1-2-6-42-29-43(20-13-33(42)5-1)45-30-44(31-46(32-45)48-26-22-41-19-17-37-8-4-10-39-24-28-50(48)54(41)52(37)39)34-11-14-35(15-12-34)47-25-21-40-18-16-36-7-3-9-38-23-27-49(47)53(40)51(36)38/h1-32H. The van der Waals surface area contributed by atoms with Gasteiger partial charge in [-0.25, -0.2) is 0 Å². The Morgan fingerprint density at radius 3 is 1.17 bits per heavy atom. The second-order valence-electron chi connectivity index (χ2n) is 14.9. The van der Waals surface area contributed by atoms with Crippen molar-refractivity contribution in [2.75, 3.05) is 0 Å². The van der Waals surface area contributed by atoms with Crippen LogP contribution < -0.4 is 0 Å². The van der Waals surface area contributed by atoms with Crippen LogP contribution in [0.5, 0.6) is 0 Å². The SMILES string of the molecule is c1ccc2cc(-c3cc(-c4ccc(-c5ccc6ccc7cccc8ccc5c6c78)cc4)cc(-c4ccc5ccc6cccc7ccc4c5c67)c3)ccc2c1. The summed E-state index contributed by atoms with van der Waals surface area (Å²) in [7, 11) is 0. The molecule has 0 saturated carbocycles. The molecule has 0 aromatic heterocycles. The van der Waals surface area contributed by atoms with Gasteiger partial charge >= 0.3 is 0 Å². The first-order valence-corrected chi connectivity index (χ1v) is 18.8. The predicted octanol–water partition coefficient (Wildman–Crippen LogP) is 15.3. The lowest BCUT2D eigenvalue weighted by Gasteiger charge is -2.17. The maximum atomic E-state index is 2.39. The Labute approximate surface area is 312 Å². The number of hydrogen-bond acceptors (Lipinski definition) is 0. The maximum absolute atomic E-state index is 2.39. The van der Waals surface area contributed by atoms with Gasteiger partial charge in [0.15, 0.2) is 0 Å². The quantitative estimate of drug-likeness (QED) is 0.162. The zero-order chi connectivity index (χ0) is 35.3. The Bertz CT molecular complexity index is 3390. The van der Waals surface area contributed by atoms with Crippen LogP contribution in [0.15, 0.2) is 194 Å². The number of fused-ring (bicyclic) bond motifs is 1.